The second-order valence-electron chi connectivity index (χ2n) is 8.61. The predicted octanol–water partition coefficient (Wildman–Crippen LogP) is 4.54. The molecule has 176 valence electrons. The minimum atomic E-state index is -2.61. The summed E-state index contributed by atoms with van der Waals surface area (Å²) in [6.45, 7) is 8.12. The van der Waals surface area contributed by atoms with Crippen LogP contribution >= 0.6 is 0 Å². The topological polar surface area (TPSA) is 93.2 Å². The van der Waals surface area contributed by atoms with Crippen molar-refractivity contribution in [3.63, 3.8) is 0 Å². The number of hydrogen-bond donors (Lipinski definition) is 2. The highest BCUT2D eigenvalue weighted by molar-refractivity contribution is 5.97. The van der Waals surface area contributed by atoms with E-state index in [9.17, 15) is 18.4 Å². The summed E-state index contributed by atoms with van der Waals surface area (Å²) in [7, 11) is 0. The van der Waals surface area contributed by atoms with Crippen LogP contribution in [-0.2, 0) is 4.79 Å². The van der Waals surface area contributed by atoms with Crippen molar-refractivity contribution < 1.29 is 23.1 Å². The highest BCUT2D eigenvalue weighted by Crippen LogP contribution is 2.33. The molecule has 9 heteroatoms. The van der Waals surface area contributed by atoms with Crippen molar-refractivity contribution in [3.8, 4) is 5.88 Å². The SMILES string of the molecule is C=C(C)C(C)(COc1ccc(C(C)NC(=O)c2ccnc(NC(=O)C3CC3)c2)cn1)C(F)F. The Balaban J connectivity index is 1.58. The first-order chi connectivity index (χ1) is 15.6. The predicted molar refractivity (Wildman–Crippen MR) is 120 cm³/mol. The van der Waals surface area contributed by atoms with Crippen molar-refractivity contribution in [3.05, 3.63) is 59.9 Å². The van der Waals surface area contributed by atoms with Gasteiger partial charge in [0.1, 0.15) is 12.4 Å². The van der Waals surface area contributed by atoms with Gasteiger partial charge >= 0.3 is 0 Å². The number of pyridine rings is 2. The minimum absolute atomic E-state index is 0.0358. The van der Waals surface area contributed by atoms with Gasteiger partial charge in [0.15, 0.2) is 0 Å². The summed E-state index contributed by atoms with van der Waals surface area (Å²) in [5.41, 5.74) is -0.0642. The van der Waals surface area contributed by atoms with E-state index in [0.717, 1.165) is 12.8 Å². The number of rotatable bonds is 10. The maximum atomic E-state index is 13.4. The fourth-order valence-corrected chi connectivity index (χ4v) is 2.91. The number of ether oxygens (including phenoxy) is 1. The second-order valence-corrected chi connectivity index (χ2v) is 8.61. The monoisotopic (exact) mass is 458 g/mol. The Morgan fingerprint density at radius 3 is 2.58 bits per heavy atom. The van der Waals surface area contributed by atoms with Crippen molar-refractivity contribution in [2.45, 2.75) is 46.1 Å². The number of alkyl halides is 2. The average Bonchev–Trinajstić information content (AvgIpc) is 3.63. The molecule has 2 atom stereocenters. The van der Waals surface area contributed by atoms with Gasteiger partial charge in [-0.3, -0.25) is 9.59 Å². The molecule has 0 spiro atoms. The summed E-state index contributed by atoms with van der Waals surface area (Å²) < 4.78 is 32.2. The third-order valence-electron chi connectivity index (χ3n) is 5.80. The van der Waals surface area contributed by atoms with E-state index in [-0.39, 0.29) is 36.3 Å². The van der Waals surface area contributed by atoms with E-state index in [1.807, 2.05) is 0 Å². The van der Waals surface area contributed by atoms with Crippen molar-refractivity contribution in [2.75, 3.05) is 11.9 Å². The molecule has 1 aliphatic rings. The van der Waals surface area contributed by atoms with Crippen LogP contribution in [0.3, 0.4) is 0 Å². The van der Waals surface area contributed by atoms with E-state index in [2.05, 4.69) is 27.2 Å². The summed E-state index contributed by atoms with van der Waals surface area (Å²) in [5.74, 6) is 0.158. The molecule has 1 aliphatic carbocycles. The van der Waals surface area contributed by atoms with E-state index in [0.29, 0.717) is 22.5 Å². The Bertz CT molecular complexity index is 1020. The number of carbonyl (C=O) groups excluding carboxylic acids is 2. The van der Waals surface area contributed by atoms with Gasteiger partial charge < -0.3 is 15.4 Å². The van der Waals surface area contributed by atoms with Crippen molar-refractivity contribution in [1.82, 2.24) is 15.3 Å². The first kappa shape index (κ1) is 24.3. The minimum Gasteiger partial charge on any atom is -0.477 e. The maximum absolute atomic E-state index is 13.4. The van der Waals surface area contributed by atoms with Crippen molar-refractivity contribution in [2.24, 2.45) is 11.3 Å². The number of anilines is 1. The molecule has 33 heavy (non-hydrogen) atoms. The fourth-order valence-electron chi connectivity index (χ4n) is 2.91. The average molecular weight is 459 g/mol. The van der Waals surface area contributed by atoms with Gasteiger partial charge in [-0.2, -0.15) is 0 Å². The van der Waals surface area contributed by atoms with Gasteiger partial charge in [0.05, 0.1) is 11.5 Å². The lowest BCUT2D eigenvalue weighted by Gasteiger charge is -2.28. The molecular weight excluding hydrogens is 430 g/mol. The molecule has 2 aromatic heterocycles. The number of nitrogens with zero attached hydrogens (tertiary/aromatic N) is 2. The number of carbonyl (C=O) groups is 2. The van der Waals surface area contributed by atoms with Crippen LogP contribution in [0.15, 0.2) is 48.8 Å². The van der Waals surface area contributed by atoms with Crippen molar-refractivity contribution in [1.29, 1.82) is 0 Å². The maximum Gasteiger partial charge on any atom is 0.251 e. The number of hydrogen-bond acceptors (Lipinski definition) is 5. The molecule has 0 bridgehead atoms. The first-order valence-electron chi connectivity index (χ1n) is 10.7. The van der Waals surface area contributed by atoms with Crippen LogP contribution in [0.2, 0.25) is 0 Å². The van der Waals surface area contributed by atoms with Crippen LogP contribution in [0.5, 0.6) is 5.88 Å². The molecular formula is C24H28F2N4O3. The van der Waals surface area contributed by atoms with Crippen LogP contribution in [-0.4, -0.2) is 34.8 Å². The van der Waals surface area contributed by atoms with Gasteiger partial charge in [-0.15, -0.1) is 0 Å². The Labute approximate surface area is 191 Å². The zero-order valence-electron chi connectivity index (χ0n) is 18.9. The molecule has 0 aliphatic heterocycles. The van der Waals surface area contributed by atoms with E-state index in [4.69, 9.17) is 4.74 Å². The Kier molecular flexibility index (Phi) is 7.40. The number of halogens is 2. The lowest BCUT2D eigenvalue weighted by Crippen LogP contribution is -2.34. The lowest BCUT2D eigenvalue weighted by atomic mass is 9.85. The van der Waals surface area contributed by atoms with E-state index >= 15 is 0 Å². The van der Waals surface area contributed by atoms with Gasteiger partial charge in [-0.1, -0.05) is 18.2 Å². The second kappa shape index (κ2) is 10.1. The van der Waals surface area contributed by atoms with E-state index in [1.54, 1.807) is 32.0 Å². The van der Waals surface area contributed by atoms with E-state index < -0.39 is 11.8 Å². The lowest BCUT2D eigenvalue weighted by molar-refractivity contribution is -0.117. The largest absolute Gasteiger partial charge is 0.477 e. The van der Waals surface area contributed by atoms with Gasteiger partial charge in [0, 0.05) is 29.9 Å². The molecule has 2 aromatic rings. The van der Waals surface area contributed by atoms with Crippen molar-refractivity contribution >= 4 is 17.6 Å². The summed E-state index contributed by atoms with van der Waals surface area (Å²) in [4.78, 5) is 32.8. The third kappa shape index (κ3) is 6.12. The summed E-state index contributed by atoms with van der Waals surface area (Å²) in [6, 6.07) is 5.99. The summed E-state index contributed by atoms with van der Waals surface area (Å²) >= 11 is 0. The van der Waals surface area contributed by atoms with Crippen LogP contribution in [0, 0.1) is 11.3 Å². The Morgan fingerprint density at radius 1 is 1.27 bits per heavy atom. The standard InChI is InChI=1S/C24H28F2N4O3/c1-14(2)24(4,23(25)26)13-33-20-8-7-18(12-28-20)15(3)29-22(32)17-9-10-27-19(11-17)30-21(31)16-5-6-16/h7-12,15-16,23H,1,5-6,13H2,2-4H3,(H,29,32)(H,27,30,31). The summed E-state index contributed by atoms with van der Waals surface area (Å²) in [6.07, 6.45) is 2.13. The van der Waals surface area contributed by atoms with Gasteiger partial charge in [-0.25, -0.2) is 18.7 Å². The summed E-state index contributed by atoms with van der Waals surface area (Å²) in [5, 5.41) is 5.58. The molecule has 0 saturated heterocycles. The van der Waals surface area contributed by atoms with Gasteiger partial charge in [0.2, 0.25) is 11.8 Å². The van der Waals surface area contributed by atoms with Crippen LogP contribution in [0.4, 0.5) is 14.6 Å². The number of aromatic nitrogens is 2. The molecule has 2 heterocycles. The molecule has 3 rings (SSSR count). The number of amides is 2. The molecule has 1 saturated carbocycles. The quantitative estimate of drug-likeness (QED) is 0.510. The molecule has 1 fully saturated rings. The smallest absolute Gasteiger partial charge is 0.251 e. The Morgan fingerprint density at radius 2 is 2.00 bits per heavy atom. The fraction of sp³-hybridized carbons (Fsp3) is 0.417. The van der Waals surface area contributed by atoms with Gasteiger partial charge in [0.25, 0.3) is 12.3 Å². The number of nitrogens with one attached hydrogen (secondary N) is 2. The molecule has 2 N–H and O–H groups in total. The third-order valence-corrected chi connectivity index (χ3v) is 5.80. The van der Waals surface area contributed by atoms with E-state index in [1.165, 1.54) is 25.4 Å². The molecule has 0 radical (unpaired) electrons. The normalized spacial score (nSPS) is 15.9. The molecule has 2 unspecified atom stereocenters. The molecule has 7 nitrogen and oxygen atoms in total. The highest BCUT2D eigenvalue weighted by Gasteiger charge is 2.37. The molecule has 2 amide bonds. The zero-order valence-corrected chi connectivity index (χ0v) is 18.9. The zero-order chi connectivity index (χ0) is 24.2. The van der Waals surface area contributed by atoms with Crippen LogP contribution in [0.1, 0.15) is 55.6 Å². The first-order valence-corrected chi connectivity index (χ1v) is 10.7. The Hall–Kier alpha value is -3.36. The van der Waals surface area contributed by atoms with Gasteiger partial charge in [-0.05, 0) is 51.3 Å². The molecule has 0 aromatic carbocycles. The highest BCUT2D eigenvalue weighted by atomic mass is 19.3. The van der Waals surface area contributed by atoms with Crippen LogP contribution in [0.25, 0.3) is 0 Å². The van der Waals surface area contributed by atoms with Crippen LogP contribution < -0.4 is 15.4 Å².